The van der Waals surface area contributed by atoms with Crippen molar-refractivity contribution >= 4 is 0 Å². The average molecular weight is 422 g/mol. The summed E-state index contributed by atoms with van der Waals surface area (Å²) in [5.74, 6) is 0. The summed E-state index contributed by atoms with van der Waals surface area (Å²) in [5.41, 5.74) is 2.64. The van der Waals surface area contributed by atoms with E-state index in [1.54, 1.807) is 0 Å². The molecule has 106 valence electrons. The molecule has 0 fully saturated rings. The van der Waals surface area contributed by atoms with Gasteiger partial charge in [0.15, 0.2) is 0 Å². The summed E-state index contributed by atoms with van der Waals surface area (Å²) in [6.07, 6.45) is 0. The molecular formula is C18H28Y2. The predicted molar refractivity (Wildman–Crippen MR) is 85.1 cm³/mol. The van der Waals surface area contributed by atoms with Crippen molar-refractivity contribution in [3.63, 3.8) is 0 Å². The van der Waals surface area contributed by atoms with Crippen molar-refractivity contribution in [2.45, 2.75) is 41.5 Å². The second kappa shape index (κ2) is 24.7. The Kier molecular flexibility index (Phi) is 35.4. The van der Waals surface area contributed by atoms with E-state index in [1.807, 2.05) is 64.1 Å². The monoisotopic (exact) mass is 422 g/mol. The molecule has 0 saturated heterocycles. The molecule has 0 spiro atoms. The number of aryl methyl sites for hydroxylation is 2. The Morgan fingerprint density at radius 2 is 0.650 bits per heavy atom. The van der Waals surface area contributed by atoms with E-state index in [-0.39, 0.29) is 65.4 Å². The van der Waals surface area contributed by atoms with Crippen LogP contribution in [0.3, 0.4) is 0 Å². The first kappa shape index (κ1) is 28.8. The first-order valence-electron chi connectivity index (χ1n) is 6.82. The summed E-state index contributed by atoms with van der Waals surface area (Å²) in [6, 6.07) is 20.5. The number of benzene rings is 2. The molecule has 0 heterocycles. The second-order valence-electron chi connectivity index (χ2n) is 3.31. The van der Waals surface area contributed by atoms with Gasteiger partial charge in [-0.25, -0.2) is 0 Å². The molecule has 20 heavy (non-hydrogen) atoms. The molecule has 2 aromatic carbocycles. The summed E-state index contributed by atoms with van der Waals surface area (Å²) in [6.45, 7) is 12.2. The van der Waals surface area contributed by atoms with Gasteiger partial charge < -0.3 is 0 Å². The summed E-state index contributed by atoms with van der Waals surface area (Å²) in [7, 11) is 0. The topological polar surface area (TPSA) is 0 Å². The third kappa shape index (κ3) is 21.0. The Hall–Kier alpha value is 0.648. The second-order valence-corrected chi connectivity index (χ2v) is 3.31. The standard InChI is InChI=1S/2C7H8.2C2H6.2Y/c2*1-7-5-3-2-4-6-7;2*1-2;;/h2*2-6H,1H3;2*1-2H3;;. The van der Waals surface area contributed by atoms with Crippen molar-refractivity contribution in [2.24, 2.45) is 0 Å². The summed E-state index contributed by atoms with van der Waals surface area (Å²) in [5, 5.41) is 0. The predicted octanol–water partition coefficient (Wildman–Crippen LogP) is 6.04. The fraction of sp³-hybridized carbons (Fsp3) is 0.333. The van der Waals surface area contributed by atoms with Crippen molar-refractivity contribution in [3.05, 3.63) is 71.8 Å². The molecule has 0 N–H and O–H groups in total. The quantitative estimate of drug-likeness (QED) is 0.486. The molecule has 0 atom stereocenters. The van der Waals surface area contributed by atoms with Gasteiger partial charge in [-0.2, -0.15) is 0 Å². The molecule has 0 unspecified atom stereocenters. The van der Waals surface area contributed by atoms with Gasteiger partial charge in [-0.05, 0) is 13.8 Å². The molecule has 2 aromatic rings. The molecule has 0 nitrogen and oxygen atoms in total. The van der Waals surface area contributed by atoms with Crippen molar-refractivity contribution in [2.75, 3.05) is 0 Å². The van der Waals surface area contributed by atoms with E-state index < -0.39 is 0 Å². The van der Waals surface area contributed by atoms with Gasteiger partial charge >= 0.3 is 0 Å². The van der Waals surface area contributed by atoms with Gasteiger partial charge in [0.2, 0.25) is 0 Å². The van der Waals surface area contributed by atoms with Gasteiger partial charge in [0.05, 0.1) is 0 Å². The van der Waals surface area contributed by atoms with Gasteiger partial charge in [0, 0.05) is 65.4 Å². The Morgan fingerprint density at radius 3 is 0.750 bits per heavy atom. The Labute approximate surface area is 176 Å². The van der Waals surface area contributed by atoms with E-state index in [0.29, 0.717) is 0 Å². The van der Waals surface area contributed by atoms with Gasteiger partial charge in [0.25, 0.3) is 0 Å². The summed E-state index contributed by atoms with van der Waals surface area (Å²) >= 11 is 0. The van der Waals surface area contributed by atoms with Gasteiger partial charge in [-0.3, -0.25) is 0 Å². The van der Waals surface area contributed by atoms with Crippen LogP contribution in [0, 0.1) is 13.8 Å². The molecule has 2 radical (unpaired) electrons. The molecule has 0 aliphatic carbocycles. The molecule has 0 aliphatic rings. The van der Waals surface area contributed by atoms with Crippen molar-refractivity contribution in [3.8, 4) is 0 Å². The van der Waals surface area contributed by atoms with E-state index in [4.69, 9.17) is 0 Å². The molecule has 0 saturated carbocycles. The van der Waals surface area contributed by atoms with E-state index in [2.05, 4.69) is 38.1 Å². The number of hydrogen-bond donors (Lipinski definition) is 0. The Morgan fingerprint density at radius 1 is 0.450 bits per heavy atom. The van der Waals surface area contributed by atoms with Crippen LogP contribution in [0.25, 0.3) is 0 Å². The largest absolute Gasteiger partial charge is 0.0683 e. The molecule has 0 aromatic heterocycles. The normalized spacial score (nSPS) is 6.70. The van der Waals surface area contributed by atoms with Crippen LogP contribution in [0.4, 0.5) is 0 Å². The van der Waals surface area contributed by atoms with E-state index in [1.165, 1.54) is 11.1 Å². The smallest absolute Gasteiger partial charge is 0 e. The van der Waals surface area contributed by atoms with Crippen molar-refractivity contribution < 1.29 is 65.4 Å². The van der Waals surface area contributed by atoms with Crippen LogP contribution in [0.5, 0.6) is 0 Å². The molecular weight excluding hydrogens is 394 g/mol. The molecule has 0 amide bonds. The fourth-order valence-electron chi connectivity index (χ4n) is 1.07. The van der Waals surface area contributed by atoms with Gasteiger partial charge in [-0.15, -0.1) is 0 Å². The zero-order valence-electron chi connectivity index (χ0n) is 13.9. The summed E-state index contributed by atoms with van der Waals surface area (Å²) in [4.78, 5) is 0. The van der Waals surface area contributed by atoms with Crippen LogP contribution in [0.1, 0.15) is 38.8 Å². The zero-order chi connectivity index (χ0) is 14.2. The van der Waals surface area contributed by atoms with Gasteiger partial charge in [-0.1, -0.05) is 99.5 Å². The minimum atomic E-state index is 0. The van der Waals surface area contributed by atoms with E-state index in [0.717, 1.165) is 0 Å². The summed E-state index contributed by atoms with van der Waals surface area (Å²) < 4.78 is 0. The fourth-order valence-corrected chi connectivity index (χ4v) is 1.07. The van der Waals surface area contributed by atoms with Crippen molar-refractivity contribution in [1.29, 1.82) is 0 Å². The molecule has 2 rings (SSSR count). The first-order valence-corrected chi connectivity index (χ1v) is 6.82. The van der Waals surface area contributed by atoms with Crippen molar-refractivity contribution in [1.82, 2.24) is 0 Å². The third-order valence-electron chi connectivity index (χ3n) is 1.88. The third-order valence-corrected chi connectivity index (χ3v) is 1.88. The van der Waals surface area contributed by atoms with Crippen LogP contribution in [0.15, 0.2) is 60.7 Å². The number of rotatable bonds is 0. The van der Waals surface area contributed by atoms with Gasteiger partial charge in [0.1, 0.15) is 0 Å². The van der Waals surface area contributed by atoms with E-state index in [9.17, 15) is 0 Å². The van der Waals surface area contributed by atoms with E-state index >= 15 is 0 Å². The average Bonchev–Trinajstić information content (AvgIpc) is 2.46. The number of hydrogen-bond acceptors (Lipinski definition) is 0. The maximum atomic E-state index is 2.08. The van der Waals surface area contributed by atoms with Crippen LogP contribution in [-0.4, -0.2) is 0 Å². The first-order chi connectivity index (χ1) is 8.79. The minimum absolute atomic E-state index is 0. The SMILES string of the molecule is CC.CC.Cc1ccccc1.Cc1ccccc1.[Y].[Y]. The Balaban J connectivity index is -0.0000000950. The molecule has 0 bridgehead atoms. The van der Waals surface area contributed by atoms with Crippen LogP contribution in [-0.2, 0) is 65.4 Å². The van der Waals surface area contributed by atoms with Crippen LogP contribution >= 0.6 is 0 Å². The maximum Gasteiger partial charge on any atom is 0 e. The zero-order valence-corrected chi connectivity index (χ0v) is 19.6. The molecule has 0 aliphatic heterocycles. The maximum absolute atomic E-state index is 2.08. The van der Waals surface area contributed by atoms with Crippen LogP contribution < -0.4 is 0 Å². The Bertz CT molecular complexity index is 307. The molecule has 2 heteroatoms. The van der Waals surface area contributed by atoms with Crippen LogP contribution in [0.2, 0.25) is 0 Å². The minimum Gasteiger partial charge on any atom is -0.0683 e.